The normalized spacial score (nSPS) is 11.5. The summed E-state index contributed by atoms with van der Waals surface area (Å²) in [5.41, 5.74) is 23.2. The average Bonchev–Trinajstić information content (AvgIpc) is 1.53. The molecule has 7 aromatic carbocycles. The molecule has 14 heterocycles. The van der Waals surface area contributed by atoms with Crippen molar-refractivity contribution in [2.75, 3.05) is 11.8 Å². The summed E-state index contributed by atoms with van der Waals surface area (Å²) in [4.78, 5) is 90.1. The number of halogens is 5. The van der Waals surface area contributed by atoms with Crippen molar-refractivity contribution >= 4 is 171 Å². The summed E-state index contributed by atoms with van der Waals surface area (Å²) in [7, 11) is 0. The van der Waals surface area contributed by atoms with Gasteiger partial charge in [0.25, 0.3) is 0 Å². The summed E-state index contributed by atoms with van der Waals surface area (Å²) in [5, 5.41) is 26.0. The molecule has 0 bridgehead atoms. The Kier molecular flexibility index (Phi) is 30.2. The van der Waals surface area contributed by atoms with E-state index in [9.17, 15) is 4.79 Å². The molecule has 0 aliphatic rings. The van der Waals surface area contributed by atoms with Crippen LogP contribution in [0, 0.1) is 69.2 Å². The molecule has 0 fully saturated rings. The summed E-state index contributed by atoms with van der Waals surface area (Å²) < 4.78 is 9.14. The summed E-state index contributed by atoms with van der Waals surface area (Å²) in [6, 6.07) is 62.2. The van der Waals surface area contributed by atoms with Crippen LogP contribution in [0.3, 0.4) is 0 Å². The fourth-order valence-electron chi connectivity index (χ4n) is 14.2. The Labute approximate surface area is 779 Å². The van der Waals surface area contributed by atoms with E-state index in [0.29, 0.717) is 53.3 Å². The second kappa shape index (κ2) is 42.5. The first kappa shape index (κ1) is 93.1. The van der Waals surface area contributed by atoms with Crippen LogP contribution < -0.4 is 15.9 Å². The van der Waals surface area contributed by atoms with Gasteiger partial charge in [-0.15, -0.1) is 57.4 Å². The van der Waals surface area contributed by atoms with Crippen molar-refractivity contribution in [3.05, 3.63) is 353 Å². The second-order valence-electron chi connectivity index (χ2n) is 30.3. The maximum atomic E-state index is 10.3. The van der Waals surface area contributed by atoms with E-state index in [1.807, 2.05) is 241 Å². The van der Waals surface area contributed by atoms with Crippen molar-refractivity contribution in [1.82, 2.24) is 138 Å². The smallest absolute Gasteiger partial charge is 0.170 e. The minimum atomic E-state index is -3.47. The van der Waals surface area contributed by atoms with Crippen molar-refractivity contribution in [3.63, 3.8) is 0 Å². The van der Waals surface area contributed by atoms with Crippen LogP contribution in [-0.4, -0.2) is 156 Å². The zero-order valence-electron chi connectivity index (χ0n) is 73.3. The number of aromatic nitrogens is 28. The standard InChI is InChI=1S/C26H24ClN4P.2C17H16N6.C17H14N6.C9H6N2O.C8H9ClN4.C2H4Cl2.ClH/c1-20-18-28-21(2)26-29-25(30-31(20)26)19-32(27,22-12-6-3-7-13-22,23-14-8-4-9-15-23)24-16-10-5-11-17-24;3*1-11-9-18-12(2)17-21-16(22-23(11)17)8-7-13-10-19-14-5-3-4-6-15(14)20-13;12-6-7-5-10-8-3-1-2-4-9(8)11-7;1-5-4-10-6(2)8-11-7(3-9)12-13(5)8;3-1-2-4;/h3-18H,19H2,1-2H3;2*3-6,9-10H,7-8H2,1-2H3;3-10H,1-2H3;1-6H;4H,3H2,1-2H3;1-2H2;1H/b;;;8-7+;;;;. The summed E-state index contributed by atoms with van der Waals surface area (Å²) in [5.74, 6) is 1.57. The molecule has 0 atom stereocenters. The Bertz CT molecular complexity index is 7150. The molecule has 0 radical (unpaired) electrons. The molecule has 21 aromatic rings. The van der Waals surface area contributed by atoms with Crippen molar-refractivity contribution in [2.45, 2.75) is 107 Å². The largest absolute Gasteiger partial charge is 0.296 e. The average molecular weight is 1860 g/mol. The molecule has 29 nitrogen and oxygen atoms in total. The van der Waals surface area contributed by atoms with Crippen LogP contribution in [0.1, 0.15) is 114 Å². The van der Waals surface area contributed by atoms with Crippen LogP contribution in [-0.2, 0) is 37.7 Å². The van der Waals surface area contributed by atoms with Gasteiger partial charge in [0.15, 0.2) is 52.2 Å². The number of benzene rings is 7. The summed E-state index contributed by atoms with van der Waals surface area (Å²) in [6.07, 6.45) is 23.8. The third-order valence-corrected chi connectivity index (χ3v) is 28.8. The zero-order chi connectivity index (χ0) is 90.9. The molecular formula is C96H90Cl5N28OP. The molecule has 0 saturated heterocycles. The van der Waals surface area contributed by atoms with Crippen LogP contribution >= 0.6 is 64.4 Å². The quantitative estimate of drug-likeness (QED) is 0.0492. The van der Waals surface area contributed by atoms with Crippen LogP contribution in [0.5, 0.6) is 0 Å². The van der Waals surface area contributed by atoms with E-state index < -0.39 is 5.96 Å². The van der Waals surface area contributed by atoms with Crippen molar-refractivity contribution < 1.29 is 4.79 Å². The van der Waals surface area contributed by atoms with E-state index in [4.69, 9.17) is 56.1 Å². The fourth-order valence-corrected chi connectivity index (χ4v) is 20.2. The molecule has 660 valence electrons. The van der Waals surface area contributed by atoms with E-state index in [1.54, 1.807) is 27.6 Å². The Morgan fingerprint density at radius 1 is 0.290 bits per heavy atom. The Morgan fingerprint density at radius 3 is 0.924 bits per heavy atom. The number of rotatable bonds is 16. The van der Waals surface area contributed by atoms with E-state index in [1.165, 1.54) is 6.20 Å². The Morgan fingerprint density at radius 2 is 0.580 bits per heavy atom. The number of fused-ring (bicyclic) bond motifs is 9. The van der Waals surface area contributed by atoms with Gasteiger partial charge < -0.3 is 0 Å². The van der Waals surface area contributed by atoms with E-state index in [2.05, 4.69) is 178 Å². The molecule has 0 saturated carbocycles. The molecule has 0 aliphatic heterocycles. The van der Waals surface area contributed by atoms with Crippen molar-refractivity contribution in [3.8, 4) is 0 Å². The van der Waals surface area contributed by atoms with Gasteiger partial charge in [-0.3, -0.25) is 44.7 Å². The maximum Gasteiger partial charge on any atom is 0.170 e. The maximum absolute atomic E-state index is 10.3. The van der Waals surface area contributed by atoms with Gasteiger partial charge in [-0.05, 0) is 129 Å². The van der Waals surface area contributed by atoms with Gasteiger partial charge in [0.1, 0.15) is 5.69 Å². The van der Waals surface area contributed by atoms with Crippen LogP contribution in [0.25, 0.3) is 84.5 Å². The number of nitrogens with zero attached hydrogens (tertiary/aromatic N) is 28. The minimum Gasteiger partial charge on any atom is -0.296 e. The van der Waals surface area contributed by atoms with Gasteiger partial charge in [-0.25, -0.2) is 57.9 Å². The van der Waals surface area contributed by atoms with Crippen LogP contribution in [0.15, 0.2) is 244 Å². The second-order valence-corrected chi connectivity index (χ2v) is 37.8. The van der Waals surface area contributed by atoms with Gasteiger partial charge >= 0.3 is 193 Å². The van der Waals surface area contributed by atoms with E-state index >= 15 is 0 Å². The molecule has 0 amide bonds. The first-order chi connectivity index (χ1) is 63.1. The molecule has 14 aromatic heterocycles. The summed E-state index contributed by atoms with van der Waals surface area (Å²) in [6.45, 7) is 19.5. The van der Waals surface area contributed by atoms with Crippen LogP contribution in [0.4, 0.5) is 0 Å². The molecule has 0 unspecified atom stereocenters. The third kappa shape index (κ3) is 21.4. The van der Waals surface area contributed by atoms with E-state index in [-0.39, 0.29) is 12.4 Å². The number of carbonyl (C=O) groups is 1. The SMILES string of the molecule is Cc1ncc(C)n2nc(/C=C/c3cnc4ccccc4n3)nc12.Cc1ncc(C)n2nc(CCc3cnc4ccccc4n3)nc12.Cc1ncc(C)n2nc(CCc3cnc4ccccc4n3)nc12.Cc1ncc(C)n2nc(CCl)nc12.Cc1ncc(C)n2nc(CP(Cl)(c3ccccc3)(c3ccccc3)c3ccccc3)nc12.Cl.ClCCCl.O=Cc1cnc2ccccc2n1. The fraction of sp³-hybridized carbons (Fsp3) is 0.188. The minimum absolute atomic E-state index is 0. The monoisotopic (exact) mass is 1860 g/mol. The number of para-hydroxylation sites is 8. The first-order valence-corrected chi connectivity index (χ1v) is 46.5. The number of carbonyl (C=O) groups excluding carboxylic acids is 1. The molecule has 0 N–H and O–H groups in total. The molecule has 21 rings (SSSR count). The molecular weight excluding hydrogens is 1770 g/mol. The number of alkyl halides is 3. The van der Waals surface area contributed by atoms with Gasteiger partial charge in [0, 0.05) is 61.8 Å². The first-order valence-electron chi connectivity index (χ1n) is 41.6. The molecule has 131 heavy (non-hydrogen) atoms. The van der Waals surface area contributed by atoms with Gasteiger partial charge in [0.05, 0.1) is 125 Å². The van der Waals surface area contributed by atoms with Crippen LogP contribution in [0.2, 0.25) is 0 Å². The predicted molar refractivity (Wildman–Crippen MR) is 522 cm³/mol. The Hall–Kier alpha value is -14.1. The van der Waals surface area contributed by atoms with Crippen molar-refractivity contribution in [1.29, 1.82) is 0 Å². The van der Waals surface area contributed by atoms with Gasteiger partial charge in [-0.1, -0.05) is 48.5 Å². The molecule has 0 aliphatic carbocycles. The Balaban J connectivity index is 0.000000128. The summed E-state index contributed by atoms with van der Waals surface area (Å²) >= 11 is 23.9. The number of aryl methyl sites for hydroxylation is 14. The topological polar surface area (TPSA) is 336 Å². The predicted octanol–water partition coefficient (Wildman–Crippen LogP) is 17.5. The van der Waals surface area contributed by atoms with E-state index in [0.717, 1.165) is 200 Å². The van der Waals surface area contributed by atoms with Crippen molar-refractivity contribution in [2.24, 2.45) is 0 Å². The van der Waals surface area contributed by atoms with Gasteiger partial charge in [-0.2, -0.15) is 10.2 Å². The number of hydrogen-bond acceptors (Lipinski definition) is 24. The zero-order valence-corrected chi connectivity index (χ0v) is 78.0. The molecule has 0 spiro atoms. The third-order valence-electron chi connectivity index (χ3n) is 20.9. The number of aldehydes is 1. The number of hydrogen-bond donors (Lipinski definition) is 0. The molecule has 35 heteroatoms. The van der Waals surface area contributed by atoms with Gasteiger partial charge in [0.2, 0.25) is 0 Å².